The number of aryl methyl sites for hydroxylation is 1. The van der Waals surface area contributed by atoms with Crippen LogP contribution in [0.1, 0.15) is 18.2 Å². The summed E-state index contributed by atoms with van der Waals surface area (Å²) in [6, 6.07) is 13.3. The fraction of sp³-hybridized carbons (Fsp3) is 0.286. The largest absolute Gasteiger partial charge is 0.490 e. The van der Waals surface area contributed by atoms with Crippen molar-refractivity contribution in [3.63, 3.8) is 0 Å². The lowest BCUT2D eigenvalue weighted by Crippen LogP contribution is -2.36. The molecule has 0 spiro atoms. The molecule has 0 aliphatic carbocycles. The Kier molecular flexibility index (Phi) is 9.39. The van der Waals surface area contributed by atoms with Crippen molar-refractivity contribution in [2.45, 2.75) is 20.0 Å². The number of rotatable bonds is 8. The first-order valence-corrected chi connectivity index (χ1v) is 9.45. The molecule has 3 aromatic rings. The van der Waals surface area contributed by atoms with Gasteiger partial charge in [0.05, 0.1) is 18.8 Å². The van der Waals surface area contributed by atoms with Crippen LogP contribution in [0.4, 0.5) is 0 Å². The zero-order valence-electron chi connectivity index (χ0n) is 17.3. The van der Waals surface area contributed by atoms with E-state index in [1.165, 1.54) is 0 Å². The molecule has 2 aromatic heterocycles. The molecule has 0 amide bonds. The number of ether oxygens (including phenoxy) is 2. The van der Waals surface area contributed by atoms with E-state index in [1.807, 2.05) is 61.1 Å². The number of aromatic nitrogens is 3. The SMILES string of the molecule is CCOc1ccccc1Oc1ccc(CNC(=NC)NCc2ccnn2C)cn1.I. The Bertz CT molecular complexity index is 943. The molecule has 0 aliphatic rings. The Morgan fingerprint density at radius 2 is 1.83 bits per heavy atom. The quantitative estimate of drug-likeness (QED) is 0.268. The van der Waals surface area contributed by atoms with Crippen LogP contribution < -0.4 is 20.1 Å². The summed E-state index contributed by atoms with van der Waals surface area (Å²) in [5, 5.41) is 10.7. The first kappa shape index (κ1) is 23.5. The van der Waals surface area contributed by atoms with Crippen molar-refractivity contribution < 1.29 is 9.47 Å². The molecule has 8 nitrogen and oxygen atoms in total. The van der Waals surface area contributed by atoms with Gasteiger partial charge in [0.1, 0.15) is 0 Å². The van der Waals surface area contributed by atoms with Crippen molar-refractivity contribution in [3.05, 3.63) is 66.1 Å². The second-order valence-corrected chi connectivity index (χ2v) is 6.21. The van der Waals surface area contributed by atoms with Gasteiger partial charge in [0.2, 0.25) is 5.88 Å². The number of hydrogen-bond donors (Lipinski definition) is 2. The Morgan fingerprint density at radius 3 is 2.47 bits per heavy atom. The van der Waals surface area contributed by atoms with Crippen LogP contribution >= 0.6 is 24.0 Å². The normalized spacial score (nSPS) is 10.8. The van der Waals surface area contributed by atoms with Crippen molar-refractivity contribution >= 4 is 29.9 Å². The van der Waals surface area contributed by atoms with Crippen molar-refractivity contribution in [1.29, 1.82) is 0 Å². The van der Waals surface area contributed by atoms with Gasteiger partial charge in [-0.25, -0.2) is 4.98 Å². The molecule has 0 atom stereocenters. The lowest BCUT2D eigenvalue weighted by Gasteiger charge is -2.13. The number of nitrogens with one attached hydrogen (secondary N) is 2. The summed E-state index contributed by atoms with van der Waals surface area (Å²) in [5.74, 6) is 2.56. The molecule has 3 rings (SSSR count). The second-order valence-electron chi connectivity index (χ2n) is 6.21. The zero-order valence-corrected chi connectivity index (χ0v) is 19.7. The first-order valence-electron chi connectivity index (χ1n) is 9.45. The lowest BCUT2D eigenvalue weighted by atomic mass is 10.3. The first-order chi connectivity index (χ1) is 14.2. The Balaban J connectivity index is 0.00000320. The van der Waals surface area contributed by atoms with Crippen molar-refractivity contribution in [2.24, 2.45) is 12.0 Å². The molecule has 0 radical (unpaired) electrons. The minimum absolute atomic E-state index is 0. The van der Waals surface area contributed by atoms with Crippen LogP contribution in [-0.2, 0) is 20.1 Å². The molecular formula is C21H27IN6O2. The molecule has 0 fully saturated rings. The van der Waals surface area contributed by atoms with Crippen LogP contribution in [0.3, 0.4) is 0 Å². The van der Waals surface area contributed by atoms with E-state index in [9.17, 15) is 0 Å². The molecule has 0 saturated heterocycles. The van der Waals surface area contributed by atoms with Crippen LogP contribution in [0, 0.1) is 0 Å². The van der Waals surface area contributed by atoms with Gasteiger partial charge in [-0.3, -0.25) is 9.67 Å². The van der Waals surface area contributed by atoms with E-state index in [2.05, 4.69) is 25.7 Å². The fourth-order valence-electron chi connectivity index (χ4n) is 2.65. The van der Waals surface area contributed by atoms with Crippen LogP contribution in [-0.4, -0.2) is 34.4 Å². The van der Waals surface area contributed by atoms with Gasteiger partial charge >= 0.3 is 0 Å². The maximum absolute atomic E-state index is 5.85. The van der Waals surface area contributed by atoms with Gasteiger partial charge in [-0.1, -0.05) is 18.2 Å². The second kappa shape index (κ2) is 12.0. The van der Waals surface area contributed by atoms with Crippen LogP contribution in [0.2, 0.25) is 0 Å². The summed E-state index contributed by atoms with van der Waals surface area (Å²) in [7, 11) is 3.65. The summed E-state index contributed by atoms with van der Waals surface area (Å²) in [5.41, 5.74) is 2.09. The smallest absolute Gasteiger partial charge is 0.219 e. The predicted octanol–water partition coefficient (Wildman–Crippen LogP) is 3.49. The van der Waals surface area contributed by atoms with Gasteiger partial charge in [0.15, 0.2) is 17.5 Å². The molecule has 1 aromatic carbocycles. The highest BCUT2D eigenvalue weighted by Gasteiger charge is 2.07. The van der Waals surface area contributed by atoms with E-state index in [0.29, 0.717) is 43.0 Å². The molecular weight excluding hydrogens is 495 g/mol. The Hall–Kier alpha value is -2.82. The van der Waals surface area contributed by atoms with Gasteiger partial charge < -0.3 is 20.1 Å². The molecule has 2 N–H and O–H groups in total. The topological polar surface area (TPSA) is 85.6 Å². The summed E-state index contributed by atoms with van der Waals surface area (Å²) in [4.78, 5) is 8.63. The Labute approximate surface area is 193 Å². The molecule has 9 heteroatoms. The van der Waals surface area contributed by atoms with Crippen LogP contribution in [0.25, 0.3) is 0 Å². The summed E-state index contributed by atoms with van der Waals surface area (Å²) < 4.78 is 13.3. The minimum Gasteiger partial charge on any atom is -0.490 e. The molecule has 2 heterocycles. The predicted molar refractivity (Wildman–Crippen MR) is 128 cm³/mol. The number of hydrogen-bond acceptors (Lipinski definition) is 5. The third kappa shape index (κ3) is 6.61. The van der Waals surface area contributed by atoms with Crippen molar-refractivity contribution in [3.8, 4) is 17.4 Å². The molecule has 30 heavy (non-hydrogen) atoms. The average molecular weight is 522 g/mol. The van der Waals surface area contributed by atoms with Gasteiger partial charge in [0.25, 0.3) is 0 Å². The van der Waals surface area contributed by atoms with E-state index in [-0.39, 0.29) is 24.0 Å². The third-order valence-electron chi connectivity index (χ3n) is 4.20. The van der Waals surface area contributed by atoms with Crippen molar-refractivity contribution in [1.82, 2.24) is 25.4 Å². The minimum atomic E-state index is 0. The zero-order chi connectivity index (χ0) is 20.5. The van der Waals surface area contributed by atoms with Crippen LogP contribution in [0.15, 0.2) is 59.9 Å². The van der Waals surface area contributed by atoms with E-state index in [0.717, 1.165) is 11.3 Å². The number of para-hydroxylation sites is 2. The number of halogens is 1. The number of pyridine rings is 1. The van der Waals surface area contributed by atoms with Gasteiger partial charge in [-0.15, -0.1) is 24.0 Å². The highest BCUT2D eigenvalue weighted by atomic mass is 127. The van der Waals surface area contributed by atoms with Gasteiger partial charge in [-0.05, 0) is 30.7 Å². The Morgan fingerprint density at radius 1 is 1.07 bits per heavy atom. The number of guanidine groups is 1. The third-order valence-corrected chi connectivity index (χ3v) is 4.20. The maximum atomic E-state index is 5.85. The van der Waals surface area contributed by atoms with E-state index in [4.69, 9.17) is 9.47 Å². The molecule has 0 aliphatic heterocycles. The maximum Gasteiger partial charge on any atom is 0.219 e. The van der Waals surface area contributed by atoms with E-state index < -0.39 is 0 Å². The van der Waals surface area contributed by atoms with Gasteiger partial charge in [0, 0.05) is 39.1 Å². The average Bonchev–Trinajstić information content (AvgIpc) is 3.16. The summed E-state index contributed by atoms with van der Waals surface area (Å²) >= 11 is 0. The number of benzene rings is 1. The molecule has 160 valence electrons. The standard InChI is InChI=1S/C21H26N6O2.HI/c1-4-28-18-7-5-6-8-19(18)29-20-10-9-16(13-23-20)14-24-21(22-2)25-15-17-11-12-26-27(17)3;/h5-13H,4,14-15H2,1-3H3,(H2,22,24,25);1H. The molecule has 0 saturated carbocycles. The highest BCUT2D eigenvalue weighted by molar-refractivity contribution is 14.0. The number of aliphatic imine (C=N–C) groups is 1. The molecule has 0 unspecified atom stereocenters. The van der Waals surface area contributed by atoms with Crippen molar-refractivity contribution in [2.75, 3.05) is 13.7 Å². The van der Waals surface area contributed by atoms with Crippen LogP contribution in [0.5, 0.6) is 17.4 Å². The summed E-state index contributed by atoms with van der Waals surface area (Å²) in [6.07, 6.45) is 3.55. The number of nitrogens with zero attached hydrogens (tertiary/aromatic N) is 4. The molecule has 0 bridgehead atoms. The van der Waals surface area contributed by atoms with Gasteiger partial charge in [-0.2, -0.15) is 5.10 Å². The monoisotopic (exact) mass is 522 g/mol. The van der Waals surface area contributed by atoms with E-state index in [1.54, 1.807) is 19.4 Å². The van der Waals surface area contributed by atoms with E-state index >= 15 is 0 Å². The summed E-state index contributed by atoms with van der Waals surface area (Å²) in [6.45, 7) is 3.75. The fourth-order valence-corrected chi connectivity index (χ4v) is 2.65. The highest BCUT2D eigenvalue weighted by Crippen LogP contribution is 2.30. The lowest BCUT2D eigenvalue weighted by molar-refractivity contribution is 0.319.